The quantitative estimate of drug-likeness (QED) is 0.704. The fraction of sp³-hybridized carbons (Fsp3) is 0.571. The van der Waals surface area contributed by atoms with Gasteiger partial charge in [0.2, 0.25) is 5.91 Å². The molecule has 0 saturated heterocycles. The van der Waals surface area contributed by atoms with Gasteiger partial charge in [-0.25, -0.2) is 0 Å². The number of rotatable bonds is 9. The molecule has 1 rings (SSSR count). The van der Waals surface area contributed by atoms with Gasteiger partial charge in [-0.1, -0.05) is 13.0 Å². The van der Waals surface area contributed by atoms with Gasteiger partial charge >= 0.3 is 5.97 Å². The van der Waals surface area contributed by atoms with Crippen molar-refractivity contribution in [2.75, 3.05) is 26.2 Å². The maximum Gasteiger partial charge on any atom is 0.320 e. The number of carbonyl (C=O) groups excluding carboxylic acids is 2. The number of nitrogens with zero attached hydrogens (tertiary/aromatic N) is 1. The van der Waals surface area contributed by atoms with Crippen molar-refractivity contribution >= 4 is 23.2 Å². The van der Waals surface area contributed by atoms with Crippen molar-refractivity contribution in [1.29, 1.82) is 0 Å². The van der Waals surface area contributed by atoms with Gasteiger partial charge in [-0.15, -0.1) is 11.3 Å². The Morgan fingerprint density at radius 1 is 1.35 bits per heavy atom. The molecule has 0 fully saturated rings. The molecule has 0 aliphatic carbocycles. The van der Waals surface area contributed by atoms with Gasteiger partial charge in [0.1, 0.15) is 0 Å². The topological polar surface area (TPSA) is 58.6 Å². The summed E-state index contributed by atoms with van der Waals surface area (Å²) in [5, 5.41) is 4.83. The molecular formula is C14H22N2O3S. The molecule has 0 saturated carbocycles. The lowest BCUT2D eigenvalue weighted by Gasteiger charge is -2.19. The molecule has 1 aromatic heterocycles. The van der Waals surface area contributed by atoms with Crippen LogP contribution in [0.25, 0.3) is 0 Å². The van der Waals surface area contributed by atoms with E-state index in [4.69, 9.17) is 4.74 Å². The van der Waals surface area contributed by atoms with Crippen molar-refractivity contribution < 1.29 is 14.3 Å². The molecule has 0 spiro atoms. The highest BCUT2D eigenvalue weighted by Gasteiger charge is 2.14. The molecule has 112 valence electrons. The number of amides is 1. The fourth-order valence-corrected chi connectivity index (χ4v) is 2.42. The van der Waals surface area contributed by atoms with Gasteiger partial charge < -0.3 is 10.1 Å². The minimum Gasteiger partial charge on any atom is -0.465 e. The second-order valence-electron chi connectivity index (χ2n) is 4.37. The van der Waals surface area contributed by atoms with Crippen molar-refractivity contribution in [1.82, 2.24) is 10.2 Å². The number of carbonyl (C=O) groups is 2. The molecule has 6 heteroatoms. The normalized spacial score (nSPS) is 10.6. The van der Waals surface area contributed by atoms with Crippen LogP contribution in [0.2, 0.25) is 0 Å². The second kappa shape index (κ2) is 9.50. The second-order valence-corrected chi connectivity index (χ2v) is 5.40. The van der Waals surface area contributed by atoms with Crippen molar-refractivity contribution in [2.45, 2.75) is 26.8 Å². The summed E-state index contributed by atoms with van der Waals surface area (Å²) in [6, 6.07) is 3.93. The van der Waals surface area contributed by atoms with Crippen LogP contribution in [-0.2, 0) is 20.9 Å². The van der Waals surface area contributed by atoms with E-state index in [1.807, 2.05) is 29.3 Å². The SMILES string of the molecule is CCCN(CC(=O)NCc1cccs1)CC(=O)OCC. The lowest BCUT2D eigenvalue weighted by Crippen LogP contribution is -2.40. The van der Waals surface area contributed by atoms with Crippen LogP contribution < -0.4 is 5.32 Å². The summed E-state index contributed by atoms with van der Waals surface area (Å²) in [5.74, 6) is -0.358. The Morgan fingerprint density at radius 2 is 2.15 bits per heavy atom. The Balaban J connectivity index is 2.35. The minimum absolute atomic E-state index is 0.0730. The molecular weight excluding hydrogens is 276 g/mol. The predicted octanol–water partition coefficient (Wildman–Crippen LogP) is 1.64. The van der Waals surface area contributed by atoms with Gasteiger partial charge in [0.15, 0.2) is 0 Å². The minimum atomic E-state index is -0.285. The largest absolute Gasteiger partial charge is 0.465 e. The number of ether oxygens (including phenoxy) is 1. The Labute approximate surface area is 123 Å². The number of hydrogen-bond acceptors (Lipinski definition) is 5. The van der Waals surface area contributed by atoms with Crippen LogP contribution in [0, 0.1) is 0 Å². The first-order valence-electron chi connectivity index (χ1n) is 6.82. The summed E-state index contributed by atoms with van der Waals surface area (Å²) in [7, 11) is 0. The third-order valence-corrected chi connectivity index (χ3v) is 3.48. The summed E-state index contributed by atoms with van der Waals surface area (Å²) in [6.07, 6.45) is 0.887. The molecule has 1 aromatic rings. The molecule has 20 heavy (non-hydrogen) atoms. The third-order valence-electron chi connectivity index (χ3n) is 2.60. The highest BCUT2D eigenvalue weighted by molar-refractivity contribution is 7.09. The van der Waals surface area contributed by atoms with Gasteiger partial charge in [-0.2, -0.15) is 0 Å². The van der Waals surface area contributed by atoms with Crippen LogP contribution in [0.4, 0.5) is 0 Å². The lowest BCUT2D eigenvalue weighted by atomic mass is 10.3. The van der Waals surface area contributed by atoms with Gasteiger partial charge in [0, 0.05) is 4.88 Å². The summed E-state index contributed by atoms with van der Waals surface area (Å²) < 4.78 is 4.91. The van der Waals surface area contributed by atoms with Crippen molar-refractivity contribution in [3.63, 3.8) is 0 Å². The molecule has 0 aromatic carbocycles. The number of nitrogens with one attached hydrogen (secondary N) is 1. The summed E-state index contributed by atoms with van der Waals surface area (Å²) in [5.41, 5.74) is 0. The maximum atomic E-state index is 11.9. The van der Waals surface area contributed by atoms with Crippen LogP contribution in [0.1, 0.15) is 25.1 Å². The lowest BCUT2D eigenvalue weighted by molar-refractivity contribution is -0.144. The Hall–Kier alpha value is -1.40. The van der Waals surface area contributed by atoms with E-state index in [9.17, 15) is 9.59 Å². The van der Waals surface area contributed by atoms with Crippen molar-refractivity contribution in [3.05, 3.63) is 22.4 Å². The maximum absolute atomic E-state index is 11.9. The monoisotopic (exact) mass is 298 g/mol. The van der Waals surface area contributed by atoms with Crippen LogP contribution in [0.3, 0.4) is 0 Å². The molecule has 0 aliphatic rings. The first-order chi connectivity index (χ1) is 9.65. The van der Waals surface area contributed by atoms with Crippen molar-refractivity contribution in [2.24, 2.45) is 0 Å². The zero-order valence-corrected chi connectivity index (χ0v) is 12.9. The Bertz CT molecular complexity index is 407. The Morgan fingerprint density at radius 3 is 2.75 bits per heavy atom. The van der Waals surface area contributed by atoms with Crippen LogP contribution in [0.15, 0.2) is 17.5 Å². The van der Waals surface area contributed by atoms with E-state index >= 15 is 0 Å². The molecule has 0 radical (unpaired) electrons. The van der Waals surface area contributed by atoms with Crippen LogP contribution in [-0.4, -0.2) is 43.0 Å². The zero-order valence-electron chi connectivity index (χ0n) is 12.1. The van der Waals surface area contributed by atoms with Crippen molar-refractivity contribution in [3.8, 4) is 0 Å². The van der Waals surface area contributed by atoms with E-state index in [2.05, 4.69) is 5.32 Å². The zero-order chi connectivity index (χ0) is 14.8. The van der Waals surface area contributed by atoms with E-state index < -0.39 is 0 Å². The molecule has 1 amide bonds. The van der Waals surface area contributed by atoms with Gasteiger partial charge in [-0.3, -0.25) is 14.5 Å². The average Bonchev–Trinajstić information content (AvgIpc) is 2.90. The molecule has 1 N–H and O–H groups in total. The standard InChI is InChI=1S/C14H22N2O3S/c1-3-7-16(11-14(18)19-4-2)10-13(17)15-9-12-6-5-8-20-12/h5-6,8H,3-4,7,9-11H2,1-2H3,(H,15,17). The number of hydrogen-bond donors (Lipinski definition) is 1. The average molecular weight is 298 g/mol. The predicted molar refractivity (Wildman–Crippen MR) is 79.5 cm³/mol. The molecule has 0 atom stereocenters. The number of thiophene rings is 1. The summed E-state index contributed by atoms with van der Waals surface area (Å²) >= 11 is 1.61. The Kier molecular flexibility index (Phi) is 7.91. The van der Waals surface area contributed by atoms with E-state index in [0.29, 0.717) is 19.7 Å². The molecule has 5 nitrogen and oxygen atoms in total. The smallest absolute Gasteiger partial charge is 0.320 e. The first kappa shape index (κ1) is 16.7. The third kappa shape index (κ3) is 6.68. The molecule has 1 heterocycles. The first-order valence-corrected chi connectivity index (χ1v) is 7.70. The highest BCUT2D eigenvalue weighted by Crippen LogP contribution is 2.07. The molecule has 0 aliphatic heterocycles. The van der Waals surface area contributed by atoms with Gasteiger partial charge in [0.25, 0.3) is 0 Å². The summed E-state index contributed by atoms with van der Waals surface area (Å²) in [6.45, 7) is 5.77. The van der Waals surface area contributed by atoms with E-state index in [-0.39, 0.29) is 25.0 Å². The van der Waals surface area contributed by atoms with Gasteiger partial charge in [0.05, 0.1) is 26.2 Å². The number of esters is 1. The van der Waals surface area contributed by atoms with Crippen LogP contribution >= 0.6 is 11.3 Å². The van der Waals surface area contributed by atoms with E-state index in [0.717, 1.165) is 11.3 Å². The molecule has 0 bridgehead atoms. The molecule has 0 unspecified atom stereocenters. The fourth-order valence-electron chi connectivity index (χ4n) is 1.78. The van der Waals surface area contributed by atoms with E-state index in [1.165, 1.54) is 0 Å². The van der Waals surface area contributed by atoms with E-state index in [1.54, 1.807) is 18.3 Å². The highest BCUT2D eigenvalue weighted by atomic mass is 32.1. The van der Waals surface area contributed by atoms with Crippen LogP contribution in [0.5, 0.6) is 0 Å². The summed E-state index contributed by atoms with van der Waals surface area (Å²) in [4.78, 5) is 26.2. The van der Waals surface area contributed by atoms with Gasteiger partial charge in [-0.05, 0) is 31.3 Å².